The van der Waals surface area contributed by atoms with Crippen molar-refractivity contribution in [1.29, 1.82) is 0 Å². The lowest BCUT2D eigenvalue weighted by Crippen LogP contribution is -2.45. The van der Waals surface area contributed by atoms with Crippen LogP contribution in [0.1, 0.15) is 80.3 Å². The van der Waals surface area contributed by atoms with Crippen molar-refractivity contribution in [1.82, 2.24) is 9.88 Å². The molecule has 1 N–H and O–H groups in total. The second kappa shape index (κ2) is 12.9. The third-order valence-corrected chi connectivity index (χ3v) is 8.56. The van der Waals surface area contributed by atoms with Crippen LogP contribution < -0.4 is 14.8 Å². The molecule has 4 aromatic rings. The maximum Gasteiger partial charge on any atom is 0.408 e. The molecule has 6 rings (SSSR count). The highest BCUT2D eigenvalue weighted by molar-refractivity contribution is 5.99. The summed E-state index contributed by atoms with van der Waals surface area (Å²) in [5.41, 5.74) is 5.04. The van der Waals surface area contributed by atoms with E-state index in [1.165, 1.54) is 31.9 Å². The highest BCUT2D eigenvalue weighted by atomic mass is 16.6. The number of fused-ring (bicyclic) bond motifs is 5. The molecule has 8 heteroatoms. The number of esters is 1. The average Bonchev–Trinajstić information content (AvgIpc) is 3.33. The number of nitrogens with one attached hydrogen (secondary N) is 1. The van der Waals surface area contributed by atoms with Crippen LogP contribution in [0, 0.1) is 0 Å². The second-order valence-corrected chi connectivity index (χ2v) is 13.0. The fourth-order valence-corrected chi connectivity index (χ4v) is 6.62. The average molecular weight is 611 g/mol. The normalized spacial score (nSPS) is 16.8. The van der Waals surface area contributed by atoms with Crippen molar-refractivity contribution in [2.45, 2.75) is 83.6 Å². The molecule has 1 amide bonds. The number of benzene rings is 3. The highest BCUT2D eigenvalue weighted by Gasteiger charge is 2.33. The molecule has 1 aromatic heterocycles. The Morgan fingerprint density at radius 1 is 0.978 bits per heavy atom. The van der Waals surface area contributed by atoms with E-state index in [2.05, 4.69) is 22.0 Å². The number of hydrogen-bond acceptors (Lipinski definition) is 6. The molecular formula is C37H42N2O6. The summed E-state index contributed by atoms with van der Waals surface area (Å²) >= 11 is 0. The second-order valence-electron chi connectivity index (χ2n) is 13.0. The third kappa shape index (κ3) is 6.65. The molecule has 2 aliphatic rings. The Labute approximate surface area is 264 Å². The summed E-state index contributed by atoms with van der Waals surface area (Å²) in [6.07, 6.45) is 5.24. The van der Waals surface area contributed by atoms with Crippen LogP contribution in [0.5, 0.6) is 11.5 Å². The van der Waals surface area contributed by atoms with E-state index in [-0.39, 0.29) is 12.6 Å². The number of amides is 1. The molecule has 1 atom stereocenters. The largest absolute Gasteiger partial charge is 0.487 e. The van der Waals surface area contributed by atoms with Gasteiger partial charge in [-0.15, -0.1) is 0 Å². The van der Waals surface area contributed by atoms with Gasteiger partial charge in [-0.05, 0) is 74.9 Å². The van der Waals surface area contributed by atoms with Gasteiger partial charge in [0.25, 0.3) is 0 Å². The van der Waals surface area contributed by atoms with E-state index < -0.39 is 17.7 Å². The van der Waals surface area contributed by atoms with Crippen LogP contribution in [0.4, 0.5) is 4.79 Å². The van der Waals surface area contributed by atoms with Gasteiger partial charge in [0, 0.05) is 23.0 Å². The molecule has 0 saturated heterocycles. The molecule has 0 bridgehead atoms. The number of para-hydroxylation sites is 1. The van der Waals surface area contributed by atoms with Crippen LogP contribution in [0.15, 0.2) is 66.7 Å². The van der Waals surface area contributed by atoms with Crippen LogP contribution >= 0.6 is 0 Å². The lowest BCUT2D eigenvalue weighted by atomic mass is 9.81. The van der Waals surface area contributed by atoms with Gasteiger partial charge in [-0.3, -0.25) is 0 Å². The number of methoxy groups -OCH3 is 1. The predicted molar refractivity (Wildman–Crippen MR) is 174 cm³/mol. The standard InChI is InChI=1S/C37H42N2O6/c1-37(2,3)45-36(41)38-27-21-39-30-20-26(35(40)42-4)18-19-28(30)32(25-14-9-6-10-15-25)33(39)29-16-11-17-31(34(29)44-23-27)43-22-24-12-7-5-8-13-24/h5,7-8,11-13,16-20,25,27H,6,9-10,14-15,21-23H2,1-4H3,(H,38,41)/t27-/m1/s1. The van der Waals surface area contributed by atoms with E-state index in [9.17, 15) is 9.59 Å². The zero-order valence-electron chi connectivity index (χ0n) is 26.6. The first-order chi connectivity index (χ1) is 21.7. The van der Waals surface area contributed by atoms with E-state index in [1.54, 1.807) is 0 Å². The molecular weight excluding hydrogens is 568 g/mol. The Bertz CT molecular complexity index is 1680. The van der Waals surface area contributed by atoms with Crippen molar-refractivity contribution in [2.75, 3.05) is 13.7 Å². The molecule has 2 heterocycles. The fraction of sp³-hybridized carbons (Fsp3) is 0.405. The smallest absolute Gasteiger partial charge is 0.408 e. The molecule has 0 spiro atoms. The van der Waals surface area contributed by atoms with Gasteiger partial charge in [-0.25, -0.2) is 9.59 Å². The van der Waals surface area contributed by atoms with Gasteiger partial charge in [0.15, 0.2) is 11.5 Å². The maximum atomic E-state index is 13.0. The van der Waals surface area contributed by atoms with Crippen molar-refractivity contribution in [2.24, 2.45) is 0 Å². The number of ether oxygens (including phenoxy) is 4. The summed E-state index contributed by atoms with van der Waals surface area (Å²) in [5, 5.41) is 4.16. The SMILES string of the molecule is COC(=O)c1ccc2c(C3CCCCC3)c3n(c2c1)C[C@@H](NC(=O)OC(C)(C)C)COc1c(OCc2ccccc2)cccc1-3. The fourth-order valence-electron chi connectivity index (χ4n) is 6.62. The van der Waals surface area contributed by atoms with E-state index >= 15 is 0 Å². The molecule has 3 aromatic carbocycles. The number of hydrogen-bond donors (Lipinski definition) is 1. The molecule has 1 aliphatic heterocycles. The van der Waals surface area contributed by atoms with Crippen LogP contribution in [0.3, 0.4) is 0 Å². The number of nitrogens with zero attached hydrogens (tertiary/aromatic N) is 1. The molecule has 8 nitrogen and oxygen atoms in total. The summed E-state index contributed by atoms with van der Waals surface area (Å²) in [4.78, 5) is 25.7. The molecule has 1 fully saturated rings. The quantitative estimate of drug-likeness (QED) is 0.223. The van der Waals surface area contributed by atoms with Crippen LogP contribution in [0.25, 0.3) is 22.2 Å². The molecule has 0 unspecified atom stereocenters. The predicted octanol–water partition coefficient (Wildman–Crippen LogP) is 8.01. The van der Waals surface area contributed by atoms with Crippen LogP contribution in [-0.4, -0.2) is 42.0 Å². The van der Waals surface area contributed by atoms with E-state index in [0.717, 1.165) is 40.6 Å². The Hall–Kier alpha value is -4.46. The lowest BCUT2D eigenvalue weighted by Gasteiger charge is -2.29. The van der Waals surface area contributed by atoms with Gasteiger partial charge in [-0.1, -0.05) is 61.7 Å². The summed E-state index contributed by atoms with van der Waals surface area (Å²) in [6.45, 7) is 6.55. The van der Waals surface area contributed by atoms with E-state index in [4.69, 9.17) is 18.9 Å². The minimum absolute atomic E-state index is 0.201. The summed E-state index contributed by atoms with van der Waals surface area (Å²) < 4.78 is 26.0. The van der Waals surface area contributed by atoms with Gasteiger partial charge in [0.1, 0.15) is 18.8 Å². The number of rotatable bonds is 6. The molecule has 1 saturated carbocycles. The van der Waals surface area contributed by atoms with Gasteiger partial charge in [0.05, 0.1) is 24.4 Å². The molecule has 236 valence electrons. The Morgan fingerprint density at radius 2 is 1.76 bits per heavy atom. The van der Waals surface area contributed by atoms with Gasteiger partial charge < -0.3 is 28.8 Å². The lowest BCUT2D eigenvalue weighted by molar-refractivity contribution is 0.0480. The first-order valence-corrected chi connectivity index (χ1v) is 15.9. The van der Waals surface area contributed by atoms with Gasteiger partial charge >= 0.3 is 12.1 Å². The molecule has 1 aliphatic carbocycles. The zero-order chi connectivity index (χ0) is 31.6. The van der Waals surface area contributed by atoms with Crippen molar-refractivity contribution >= 4 is 23.0 Å². The summed E-state index contributed by atoms with van der Waals surface area (Å²) in [5.74, 6) is 1.23. The van der Waals surface area contributed by atoms with Crippen molar-refractivity contribution < 1.29 is 28.5 Å². The Morgan fingerprint density at radius 3 is 2.49 bits per heavy atom. The molecule has 45 heavy (non-hydrogen) atoms. The first kappa shape index (κ1) is 30.6. The summed E-state index contributed by atoms with van der Waals surface area (Å²) in [6, 6.07) is 21.5. The van der Waals surface area contributed by atoms with Gasteiger partial charge in [0.2, 0.25) is 0 Å². The minimum Gasteiger partial charge on any atom is -0.487 e. The van der Waals surface area contributed by atoms with E-state index in [1.807, 2.05) is 75.4 Å². The van der Waals surface area contributed by atoms with Crippen LogP contribution in [0.2, 0.25) is 0 Å². The van der Waals surface area contributed by atoms with Crippen LogP contribution in [-0.2, 0) is 22.6 Å². The molecule has 0 radical (unpaired) electrons. The highest BCUT2D eigenvalue weighted by Crippen LogP contribution is 2.49. The zero-order valence-corrected chi connectivity index (χ0v) is 26.6. The monoisotopic (exact) mass is 610 g/mol. The van der Waals surface area contributed by atoms with Crippen molar-refractivity contribution in [3.8, 4) is 22.8 Å². The van der Waals surface area contributed by atoms with Crippen molar-refractivity contribution in [3.63, 3.8) is 0 Å². The number of aromatic nitrogens is 1. The number of carbonyl (C=O) groups is 2. The topological polar surface area (TPSA) is 88.0 Å². The number of alkyl carbamates (subject to hydrolysis) is 1. The first-order valence-electron chi connectivity index (χ1n) is 15.9. The number of carbonyl (C=O) groups excluding carboxylic acids is 2. The summed E-state index contributed by atoms with van der Waals surface area (Å²) in [7, 11) is 1.40. The van der Waals surface area contributed by atoms with Crippen molar-refractivity contribution in [3.05, 3.63) is 83.4 Å². The van der Waals surface area contributed by atoms with E-state index in [0.29, 0.717) is 36.1 Å². The minimum atomic E-state index is -0.646. The maximum absolute atomic E-state index is 13.0. The Balaban J connectivity index is 1.53. The van der Waals surface area contributed by atoms with Gasteiger partial charge in [-0.2, -0.15) is 0 Å². The third-order valence-electron chi connectivity index (χ3n) is 8.56. The Kier molecular flexibility index (Phi) is 8.74.